The van der Waals surface area contributed by atoms with Crippen LogP contribution in [0.3, 0.4) is 0 Å². The number of piperazine rings is 1. The van der Waals surface area contributed by atoms with Crippen LogP contribution in [0.2, 0.25) is 0 Å². The number of nitrogens with zero attached hydrogens (tertiary/aromatic N) is 3. The second-order valence-corrected chi connectivity index (χ2v) is 15.9. The fourth-order valence-electron chi connectivity index (χ4n) is 6.88. The van der Waals surface area contributed by atoms with Crippen LogP contribution in [0.4, 0.5) is 9.59 Å². The Morgan fingerprint density at radius 2 is 1.50 bits per heavy atom. The van der Waals surface area contributed by atoms with Crippen LogP contribution < -0.4 is 10.1 Å². The first-order chi connectivity index (χ1) is 27.6. The van der Waals surface area contributed by atoms with Crippen LogP contribution in [-0.2, 0) is 32.1 Å². The zero-order chi connectivity index (χ0) is 42.0. The number of benzene rings is 4. The number of rotatable bonds is 14. The van der Waals surface area contributed by atoms with E-state index in [1.807, 2.05) is 105 Å². The van der Waals surface area contributed by atoms with E-state index in [0.717, 1.165) is 21.4 Å². The van der Waals surface area contributed by atoms with Gasteiger partial charge in [-0.1, -0.05) is 105 Å². The average molecular weight is 795 g/mol. The van der Waals surface area contributed by atoms with E-state index in [1.165, 1.54) is 16.8 Å². The molecule has 1 saturated heterocycles. The van der Waals surface area contributed by atoms with Crippen molar-refractivity contribution in [1.82, 2.24) is 20.0 Å². The van der Waals surface area contributed by atoms with E-state index in [2.05, 4.69) is 5.32 Å². The summed E-state index contributed by atoms with van der Waals surface area (Å²) in [5.74, 6) is -1.39. The lowest BCUT2D eigenvalue weighted by atomic mass is 9.99. The molecule has 13 nitrogen and oxygen atoms in total. The Hall–Kier alpha value is -6.11. The topological polar surface area (TPSA) is 155 Å². The van der Waals surface area contributed by atoms with Crippen molar-refractivity contribution in [3.8, 4) is 5.75 Å². The molecule has 1 aliphatic rings. The Morgan fingerprint density at radius 3 is 2.14 bits per heavy atom. The first-order valence-electron chi connectivity index (χ1n) is 19.5. The minimum absolute atomic E-state index is 0.00515. The fourth-order valence-corrected chi connectivity index (χ4v) is 6.88. The predicted octanol–water partition coefficient (Wildman–Crippen LogP) is 6.78. The summed E-state index contributed by atoms with van der Waals surface area (Å²) in [6, 6.07) is 26.9. The van der Waals surface area contributed by atoms with Crippen molar-refractivity contribution in [3.05, 3.63) is 114 Å². The van der Waals surface area contributed by atoms with Gasteiger partial charge in [-0.3, -0.25) is 14.5 Å². The van der Waals surface area contributed by atoms with Gasteiger partial charge >= 0.3 is 18.2 Å². The number of hydrogen-bond donors (Lipinski definition) is 2. The van der Waals surface area contributed by atoms with E-state index < -0.39 is 53.7 Å². The van der Waals surface area contributed by atoms with Gasteiger partial charge in [-0.15, -0.1) is 0 Å². The largest absolute Gasteiger partial charge is 0.491 e. The number of carboxylic acid groups (broad SMARTS) is 1. The highest BCUT2D eigenvalue weighted by atomic mass is 16.6. The molecule has 1 aliphatic heterocycles. The van der Waals surface area contributed by atoms with Crippen molar-refractivity contribution in [2.45, 2.75) is 77.8 Å². The maximum absolute atomic E-state index is 14.4. The van der Waals surface area contributed by atoms with Gasteiger partial charge in [0.25, 0.3) is 0 Å². The Bertz CT molecular complexity index is 2050. The number of carbonyl (C=O) groups excluding carboxylic acids is 4. The molecular weight excluding hydrogens is 741 g/mol. The second kappa shape index (κ2) is 19.4. The molecular formula is C45H54N4O9. The number of nitrogens with one attached hydrogen (secondary N) is 1. The normalized spacial score (nSPS) is 15.3. The molecule has 4 aromatic carbocycles. The van der Waals surface area contributed by atoms with Crippen molar-refractivity contribution in [3.63, 3.8) is 0 Å². The highest BCUT2D eigenvalue weighted by Crippen LogP contribution is 2.30. The zero-order valence-electron chi connectivity index (χ0n) is 34.1. The van der Waals surface area contributed by atoms with Crippen molar-refractivity contribution >= 4 is 40.7 Å². The molecule has 13 heteroatoms. The van der Waals surface area contributed by atoms with Crippen molar-refractivity contribution < 1.29 is 43.3 Å². The molecule has 1 heterocycles. The van der Waals surface area contributed by atoms with Gasteiger partial charge in [0.2, 0.25) is 11.8 Å². The lowest BCUT2D eigenvalue weighted by molar-refractivity contribution is -0.148. The van der Waals surface area contributed by atoms with Crippen LogP contribution in [0.15, 0.2) is 97.1 Å². The number of likely N-dealkylation sites (N-methyl/N-ethyl adjacent to an activating group) is 1. The molecule has 0 spiro atoms. The van der Waals surface area contributed by atoms with Crippen LogP contribution in [0, 0.1) is 5.92 Å². The Balaban J connectivity index is 1.43. The molecule has 58 heavy (non-hydrogen) atoms. The summed E-state index contributed by atoms with van der Waals surface area (Å²) in [5.41, 5.74) is 1.15. The van der Waals surface area contributed by atoms with Crippen LogP contribution >= 0.6 is 0 Å². The monoisotopic (exact) mass is 794 g/mol. The van der Waals surface area contributed by atoms with Gasteiger partial charge in [-0.2, -0.15) is 0 Å². The lowest BCUT2D eigenvalue weighted by Crippen LogP contribution is -2.65. The highest BCUT2D eigenvalue weighted by Gasteiger charge is 2.42. The molecule has 4 amide bonds. The van der Waals surface area contributed by atoms with Crippen LogP contribution in [0.1, 0.15) is 62.5 Å². The zero-order valence-corrected chi connectivity index (χ0v) is 34.1. The van der Waals surface area contributed by atoms with Crippen LogP contribution in [-0.4, -0.2) is 107 Å². The van der Waals surface area contributed by atoms with Crippen molar-refractivity contribution in [1.29, 1.82) is 0 Å². The molecule has 2 unspecified atom stereocenters. The van der Waals surface area contributed by atoms with Gasteiger partial charge in [0.15, 0.2) is 0 Å². The number of hydrogen-bond acceptors (Lipinski definition) is 8. The van der Waals surface area contributed by atoms with E-state index in [1.54, 1.807) is 26.8 Å². The van der Waals surface area contributed by atoms with E-state index in [9.17, 15) is 29.1 Å². The Morgan fingerprint density at radius 1 is 0.862 bits per heavy atom. The third-order valence-corrected chi connectivity index (χ3v) is 9.78. The molecule has 0 radical (unpaired) electrons. The SMILES string of the molecule is CC(C)CC(C(=O)N1CCN(C(=O)O)C[C@@H]1C(=O)NC(COc1ccc2ccccc2c1C(=O)OCc1ccccc1)Cc1ccccc1)N(C)C(=O)OC(C)(C)C. The van der Waals surface area contributed by atoms with E-state index in [-0.39, 0.29) is 56.5 Å². The Labute approximate surface area is 339 Å². The molecule has 3 atom stereocenters. The predicted molar refractivity (Wildman–Crippen MR) is 219 cm³/mol. The summed E-state index contributed by atoms with van der Waals surface area (Å²) in [5, 5.41) is 14.5. The standard InChI is InChI=1S/C45H54N4O9/c1-30(2)25-36(47(6)44(55)58-45(3,4)5)41(51)49-24-23-48(43(53)54)27-37(49)40(50)46-34(26-31-15-9-7-10-16-31)29-56-38-22-21-33-19-13-14-20-35(33)39(38)42(52)57-28-32-17-11-8-12-18-32/h7-22,30,34,36-37H,23-29H2,1-6H3,(H,46,50)(H,53,54)/t34?,36?,37-/m1/s1. The second-order valence-electron chi connectivity index (χ2n) is 15.9. The molecule has 2 N–H and O–H groups in total. The third-order valence-electron chi connectivity index (χ3n) is 9.78. The summed E-state index contributed by atoms with van der Waals surface area (Å²) in [6.07, 6.45) is -1.31. The first kappa shape index (κ1) is 43.0. The number of amides is 4. The number of fused-ring (bicyclic) bond motifs is 1. The number of carbonyl (C=O) groups is 5. The lowest BCUT2D eigenvalue weighted by Gasteiger charge is -2.42. The van der Waals surface area contributed by atoms with Crippen LogP contribution in [0.25, 0.3) is 10.8 Å². The van der Waals surface area contributed by atoms with Gasteiger partial charge in [-0.05, 0) is 67.5 Å². The van der Waals surface area contributed by atoms with E-state index in [4.69, 9.17) is 14.2 Å². The van der Waals surface area contributed by atoms with Gasteiger partial charge < -0.3 is 34.4 Å². The maximum atomic E-state index is 14.4. The molecule has 0 aromatic heterocycles. The summed E-state index contributed by atoms with van der Waals surface area (Å²) >= 11 is 0. The Kier molecular flexibility index (Phi) is 14.4. The highest BCUT2D eigenvalue weighted by molar-refractivity contribution is 6.07. The molecule has 308 valence electrons. The average Bonchev–Trinajstić information content (AvgIpc) is 3.20. The van der Waals surface area contributed by atoms with Gasteiger partial charge in [-0.25, -0.2) is 14.4 Å². The van der Waals surface area contributed by atoms with Crippen molar-refractivity contribution in [2.24, 2.45) is 5.92 Å². The molecule has 0 saturated carbocycles. The molecule has 0 bridgehead atoms. The van der Waals surface area contributed by atoms with Crippen molar-refractivity contribution in [2.75, 3.05) is 33.3 Å². The molecule has 5 rings (SSSR count). The minimum Gasteiger partial charge on any atom is -0.491 e. The molecule has 4 aromatic rings. The number of ether oxygens (including phenoxy) is 3. The summed E-state index contributed by atoms with van der Waals surface area (Å²) in [6.45, 7) is 8.67. The summed E-state index contributed by atoms with van der Waals surface area (Å²) in [4.78, 5) is 71.8. The first-order valence-corrected chi connectivity index (χ1v) is 19.5. The third kappa shape index (κ3) is 11.5. The van der Waals surface area contributed by atoms with E-state index in [0.29, 0.717) is 11.8 Å². The smallest absolute Gasteiger partial charge is 0.410 e. The maximum Gasteiger partial charge on any atom is 0.410 e. The molecule has 0 aliphatic carbocycles. The molecule has 1 fully saturated rings. The summed E-state index contributed by atoms with van der Waals surface area (Å²) < 4.78 is 17.7. The van der Waals surface area contributed by atoms with Gasteiger partial charge in [0, 0.05) is 20.1 Å². The summed E-state index contributed by atoms with van der Waals surface area (Å²) in [7, 11) is 1.49. The number of esters is 1. The minimum atomic E-state index is -1.22. The van der Waals surface area contributed by atoms with Crippen LogP contribution in [0.5, 0.6) is 5.75 Å². The van der Waals surface area contributed by atoms with Gasteiger partial charge in [0.1, 0.15) is 42.2 Å². The van der Waals surface area contributed by atoms with E-state index >= 15 is 0 Å². The fraction of sp³-hybridized carbons (Fsp3) is 0.400. The quantitative estimate of drug-likeness (QED) is 0.132. The van der Waals surface area contributed by atoms with Gasteiger partial charge in [0.05, 0.1) is 12.6 Å².